The summed E-state index contributed by atoms with van der Waals surface area (Å²) in [5.74, 6) is -2.90. The number of hydrogen-bond donors (Lipinski definition) is 5. The Kier molecular flexibility index (Phi) is 6.41. The predicted octanol–water partition coefficient (Wildman–Crippen LogP) is 1.60. The second kappa shape index (κ2) is 10.1. The average Bonchev–Trinajstić information content (AvgIpc) is 3.48. The van der Waals surface area contributed by atoms with Crippen molar-refractivity contribution in [2.75, 3.05) is 10.0 Å². The van der Waals surface area contributed by atoms with E-state index >= 15 is 0 Å². The van der Waals surface area contributed by atoms with Gasteiger partial charge in [0.25, 0.3) is 17.4 Å². The predicted molar refractivity (Wildman–Crippen MR) is 155 cm³/mol. The minimum absolute atomic E-state index is 0.0516. The molecule has 0 saturated heterocycles. The standard InChI is InChI=1S/C30H24N6O7/c1-14-20(26(38)31-24-22(14)28(40)35(33-24)17-8-6-16(7-9-17)30(42)43)4-3-5-21-15(2)23-25(32-27(21)39)34-36(29(23)41)18-10-12-19(37)13-11-18/h3-13,15,23,37,39H,1-2H3,(H,32,34)(H,42,43)(H,31,33,38). The van der Waals surface area contributed by atoms with Crippen LogP contribution < -0.4 is 31.6 Å². The van der Waals surface area contributed by atoms with Crippen molar-refractivity contribution in [1.29, 1.82) is 0 Å². The highest BCUT2D eigenvalue weighted by molar-refractivity contribution is 6.16. The Morgan fingerprint density at radius 3 is 2.28 bits per heavy atom. The number of allylic oxidation sites excluding steroid dienone is 3. The van der Waals surface area contributed by atoms with Crippen LogP contribution in [0.25, 0.3) is 6.08 Å². The van der Waals surface area contributed by atoms with Gasteiger partial charge in [0.2, 0.25) is 0 Å². The highest BCUT2D eigenvalue weighted by atomic mass is 16.4. The molecule has 2 amide bonds. The van der Waals surface area contributed by atoms with Crippen LogP contribution in [0, 0.1) is 18.8 Å². The fourth-order valence-electron chi connectivity index (χ4n) is 5.30. The van der Waals surface area contributed by atoms with Gasteiger partial charge in [0, 0.05) is 16.7 Å². The number of aliphatic hydroxyl groups excluding tert-OH is 1. The Balaban J connectivity index is 1.26. The fraction of sp³-hybridized carbons (Fsp3) is 0.133. The number of carbonyl (C=O) groups is 3. The molecule has 13 heteroatoms. The average molecular weight is 581 g/mol. The van der Waals surface area contributed by atoms with E-state index in [4.69, 9.17) is 5.11 Å². The topological polar surface area (TPSA) is 188 Å². The van der Waals surface area contributed by atoms with E-state index in [2.05, 4.69) is 20.5 Å². The molecule has 6 rings (SSSR count). The number of hydrogen-bond acceptors (Lipinski definition) is 9. The highest BCUT2D eigenvalue weighted by Gasteiger charge is 2.45. The molecule has 0 aliphatic carbocycles. The quantitative estimate of drug-likeness (QED) is 0.301. The van der Waals surface area contributed by atoms with Gasteiger partial charge in [0.1, 0.15) is 17.5 Å². The number of rotatable bonds is 5. The summed E-state index contributed by atoms with van der Waals surface area (Å²) >= 11 is 0. The maximum atomic E-state index is 13.2. The van der Waals surface area contributed by atoms with Crippen molar-refractivity contribution in [2.45, 2.75) is 13.8 Å². The summed E-state index contributed by atoms with van der Waals surface area (Å²) in [6.45, 7) is 3.40. The molecule has 5 N–H and O–H groups in total. The molecular formula is C30H24N6O7. The fourth-order valence-corrected chi connectivity index (χ4v) is 5.30. The zero-order valence-corrected chi connectivity index (χ0v) is 22.8. The van der Waals surface area contributed by atoms with Crippen LogP contribution in [0.3, 0.4) is 0 Å². The third-order valence-electron chi connectivity index (χ3n) is 7.58. The van der Waals surface area contributed by atoms with Gasteiger partial charge < -0.3 is 25.6 Å². The minimum Gasteiger partial charge on any atom is -0.508 e. The van der Waals surface area contributed by atoms with Crippen molar-refractivity contribution in [3.05, 3.63) is 110 Å². The number of nitrogens with one attached hydrogen (secondary N) is 2. The number of aromatic carboxylic acids is 1. The van der Waals surface area contributed by atoms with Crippen LogP contribution in [-0.2, 0) is 4.79 Å². The number of aliphatic hydroxyl groups is 1. The van der Waals surface area contributed by atoms with Gasteiger partial charge in [-0.05, 0) is 67.1 Å². The van der Waals surface area contributed by atoms with E-state index in [1.54, 1.807) is 38.1 Å². The lowest BCUT2D eigenvalue weighted by Gasteiger charge is -2.27. The molecule has 13 nitrogen and oxygen atoms in total. The summed E-state index contributed by atoms with van der Waals surface area (Å²) in [4.78, 5) is 53.2. The van der Waals surface area contributed by atoms with Crippen molar-refractivity contribution < 1.29 is 29.7 Å². The minimum atomic E-state index is -1.10. The molecule has 0 fully saturated rings. The monoisotopic (exact) mass is 580 g/mol. The number of aromatic amines is 1. The first kappa shape index (κ1) is 27.2. The van der Waals surface area contributed by atoms with Crippen LogP contribution in [0.2, 0.25) is 0 Å². The lowest BCUT2D eigenvalue weighted by Crippen LogP contribution is -2.42. The van der Waals surface area contributed by atoms with Gasteiger partial charge in [-0.25, -0.2) is 4.79 Å². The summed E-state index contributed by atoms with van der Waals surface area (Å²) in [6, 6.07) is 11.6. The normalized spacial score (nSPS) is 19.9. The SMILES string of the molecule is Cc1c2c([nH]c(=O)c1=CC=CC1=C(O)NC3=NN(c4ccc(O)cc4)C(=O)C3C1C)=NN(c1ccc(C(=O)O)cc1)C2=O. The molecule has 216 valence electrons. The molecule has 0 saturated carbocycles. The number of H-pyrrole nitrogens is 1. The van der Waals surface area contributed by atoms with Crippen LogP contribution in [0.4, 0.5) is 11.4 Å². The van der Waals surface area contributed by atoms with Gasteiger partial charge in [-0.3, -0.25) is 14.4 Å². The number of carboxylic acid groups (broad SMARTS) is 1. The van der Waals surface area contributed by atoms with Crippen molar-refractivity contribution in [2.24, 2.45) is 22.0 Å². The first-order valence-corrected chi connectivity index (χ1v) is 13.1. The van der Waals surface area contributed by atoms with E-state index in [-0.39, 0.29) is 39.4 Å². The summed E-state index contributed by atoms with van der Waals surface area (Å²) in [6.07, 6.45) is 4.63. The van der Waals surface area contributed by atoms with E-state index in [9.17, 15) is 29.4 Å². The second-order valence-corrected chi connectivity index (χ2v) is 10.2. The number of anilines is 2. The lowest BCUT2D eigenvalue weighted by molar-refractivity contribution is -0.120. The number of benzene rings is 2. The number of phenolic OH excluding ortho intramolecular Hbond substituents is 1. The summed E-state index contributed by atoms with van der Waals surface area (Å²) in [5, 5.41) is 43.3. The van der Waals surface area contributed by atoms with Crippen LogP contribution in [0.15, 0.2) is 87.1 Å². The Morgan fingerprint density at radius 2 is 1.60 bits per heavy atom. The zero-order valence-electron chi connectivity index (χ0n) is 22.8. The number of nitrogens with zero attached hydrogens (tertiary/aromatic N) is 4. The largest absolute Gasteiger partial charge is 0.508 e. The summed E-state index contributed by atoms with van der Waals surface area (Å²) in [5.41, 5.74) is 1.46. The summed E-state index contributed by atoms with van der Waals surface area (Å²) < 4.78 is 0. The maximum absolute atomic E-state index is 13.2. The molecule has 1 aromatic heterocycles. The molecular weight excluding hydrogens is 556 g/mol. The smallest absolute Gasteiger partial charge is 0.335 e. The first-order valence-electron chi connectivity index (χ1n) is 13.1. The second-order valence-electron chi connectivity index (χ2n) is 10.2. The molecule has 2 aromatic carbocycles. The lowest BCUT2D eigenvalue weighted by atomic mass is 9.83. The van der Waals surface area contributed by atoms with E-state index in [0.717, 1.165) is 5.01 Å². The van der Waals surface area contributed by atoms with Crippen LogP contribution in [0.5, 0.6) is 5.75 Å². The first-order chi connectivity index (χ1) is 20.5. The van der Waals surface area contributed by atoms with Gasteiger partial charge >= 0.3 is 5.97 Å². The van der Waals surface area contributed by atoms with Crippen LogP contribution in [-0.4, -0.2) is 43.9 Å². The molecule has 43 heavy (non-hydrogen) atoms. The van der Waals surface area contributed by atoms with E-state index < -0.39 is 29.3 Å². The number of amides is 2. The molecule has 0 bridgehead atoms. The van der Waals surface area contributed by atoms with Crippen molar-refractivity contribution >= 4 is 41.1 Å². The number of fused-ring (bicyclic) bond motifs is 2. The number of phenols is 1. The molecule has 3 aliphatic rings. The van der Waals surface area contributed by atoms with Crippen LogP contribution >= 0.6 is 0 Å². The van der Waals surface area contributed by atoms with E-state index in [1.165, 1.54) is 47.5 Å². The maximum Gasteiger partial charge on any atom is 0.335 e. The Hall–Kier alpha value is -5.98. The van der Waals surface area contributed by atoms with Gasteiger partial charge in [0.05, 0.1) is 22.5 Å². The number of aromatic nitrogens is 1. The molecule has 2 unspecified atom stereocenters. The number of aromatic hydroxyl groups is 1. The van der Waals surface area contributed by atoms with Gasteiger partial charge in [-0.15, -0.1) is 5.10 Å². The molecule has 4 heterocycles. The van der Waals surface area contributed by atoms with Gasteiger partial charge in [-0.1, -0.05) is 19.1 Å². The van der Waals surface area contributed by atoms with Gasteiger partial charge in [-0.2, -0.15) is 15.1 Å². The molecule has 2 atom stereocenters. The Bertz CT molecular complexity index is 1990. The van der Waals surface area contributed by atoms with E-state index in [0.29, 0.717) is 28.3 Å². The number of hydrazone groups is 1. The van der Waals surface area contributed by atoms with Crippen LogP contribution in [0.1, 0.15) is 33.2 Å². The highest BCUT2D eigenvalue weighted by Crippen LogP contribution is 2.35. The molecule has 0 spiro atoms. The molecule has 0 radical (unpaired) electrons. The summed E-state index contributed by atoms with van der Waals surface area (Å²) in [7, 11) is 0. The van der Waals surface area contributed by atoms with Crippen molar-refractivity contribution in [3.63, 3.8) is 0 Å². The Morgan fingerprint density at radius 1 is 0.953 bits per heavy atom. The molecule has 3 aliphatic heterocycles. The number of amidine groups is 1. The number of carbonyl (C=O) groups excluding carboxylic acids is 2. The zero-order chi connectivity index (χ0) is 30.6. The Labute approximate surface area is 242 Å². The van der Waals surface area contributed by atoms with Crippen molar-refractivity contribution in [1.82, 2.24) is 10.3 Å². The third kappa shape index (κ3) is 4.52. The van der Waals surface area contributed by atoms with E-state index in [1.807, 2.05) is 0 Å². The number of pyridine rings is 1. The number of carboxylic acids is 1. The van der Waals surface area contributed by atoms with Crippen molar-refractivity contribution in [3.8, 4) is 5.75 Å². The third-order valence-corrected chi connectivity index (χ3v) is 7.58. The van der Waals surface area contributed by atoms with Gasteiger partial charge in [0.15, 0.2) is 11.4 Å². The molecule has 3 aromatic rings.